The van der Waals surface area contributed by atoms with Crippen molar-refractivity contribution >= 4 is 12.6 Å². The lowest BCUT2D eigenvalue weighted by atomic mass is 10.1. The van der Waals surface area contributed by atoms with E-state index < -0.39 is 30.3 Å². The number of nitrogens with zero attached hydrogens (tertiary/aromatic N) is 2. The number of piperidine rings is 1. The van der Waals surface area contributed by atoms with Gasteiger partial charge in [-0.1, -0.05) is 0 Å². The standard InChI is InChI=1S/C17H19F6N5/c1-8(3-11(15(24)25-2)17(21,22)23)12-4-13(14-9-5-26-6-10(9)14)28(27-12)7-16(18,19)20/h3-4,9-10,14,24,26-27H,2,5-7H2,1H3/t9-,10+,14?. The summed E-state index contributed by atoms with van der Waals surface area (Å²) in [6.45, 7) is 4.44. The number of fused-ring (bicyclic) bond motifs is 1. The average molecular weight is 407 g/mol. The van der Waals surface area contributed by atoms with Gasteiger partial charge in [0.1, 0.15) is 6.54 Å². The van der Waals surface area contributed by atoms with Crippen molar-refractivity contribution in [1.29, 1.82) is 5.41 Å². The van der Waals surface area contributed by atoms with E-state index in [1.807, 2.05) is 0 Å². The summed E-state index contributed by atoms with van der Waals surface area (Å²) in [7, 11) is 0. The van der Waals surface area contributed by atoms with Crippen molar-refractivity contribution in [3.05, 3.63) is 34.7 Å². The molecule has 0 radical (unpaired) electrons. The van der Waals surface area contributed by atoms with Crippen molar-refractivity contribution in [3.63, 3.8) is 0 Å². The summed E-state index contributed by atoms with van der Waals surface area (Å²) in [6.07, 6.45) is -7.14. The molecule has 1 unspecified atom stereocenters. The van der Waals surface area contributed by atoms with Crippen LogP contribution in [-0.2, 0) is 0 Å². The number of hydrogen-bond donors (Lipinski definition) is 3. The van der Waals surface area contributed by atoms with E-state index in [0.717, 1.165) is 5.01 Å². The maximum absolute atomic E-state index is 13.2. The molecule has 1 saturated heterocycles. The molecule has 3 atom stereocenters. The predicted molar refractivity (Wildman–Crippen MR) is 91.4 cm³/mol. The molecule has 2 heterocycles. The third-order valence-electron chi connectivity index (χ3n) is 5.13. The third kappa shape index (κ3) is 4.08. The molecule has 0 aromatic carbocycles. The van der Waals surface area contributed by atoms with Crippen LogP contribution in [0.15, 0.2) is 39.7 Å². The minimum atomic E-state index is -4.84. The molecule has 0 aromatic rings. The first-order valence-electron chi connectivity index (χ1n) is 8.51. The maximum Gasteiger partial charge on any atom is 0.420 e. The Hall–Kier alpha value is -2.30. The fourth-order valence-electron chi connectivity index (χ4n) is 3.78. The largest absolute Gasteiger partial charge is 0.420 e. The highest BCUT2D eigenvalue weighted by Gasteiger charge is 2.57. The second-order valence-electron chi connectivity index (χ2n) is 7.05. The molecule has 0 amide bonds. The van der Waals surface area contributed by atoms with Gasteiger partial charge in [-0.25, -0.2) is 4.99 Å². The van der Waals surface area contributed by atoms with Gasteiger partial charge < -0.3 is 5.32 Å². The Morgan fingerprint density at radius 3 is 2.39 bits per heavy atom. The van der Waals surface area contributed by atoms with Crippen LogP contribution in [0, 0.1) is 23.2 Å². The zero-order valence-corrected chi connectivity index (χ0v) is 14.9. The van der Waals surface area contributed by atoms with Crippen molar-refractivity contribution in [1.82, 2.24) is 15.8 Å². The lowest BCUT2D eigenvalue weighted by Gasteiger charge is -2.25. The van der Waals surface area contributed by atoms with Crippen molar-refractivity contribution in [2.75, 3.05) is 19.6 Å². The van der Waals surface area contributed by atoms with Gasteiger partial charge in [-0.3, -0.25) is 15.8 Å². The van der Waals surface area contributed by atoms with Gasteiger partial charge in [0.15, 0.2) is 5.84 Å². The Labute approximate surface area is 157 Å². The molecule has 28 heavy (non-hydrogen) atoms. The zero-order valence-electron chi connectivity index (χ0n) is 14.9. The van der Waals surface area contributed by atoms with Gasteiger partial charge in [0.05, 0.1) is 11.3 Å². The third-order valence-corrected chi connectivity index (χ3v) is 5.13. The Morgan fingerprint density at radius 1 is 1.29 bits per heavy atom. The van der Waals surface area contributed by atoms with Crippen LogP contribution in [0.4, 0.5) is 26.3 Å². The van der Waals surface area contributed by atoms with Crippen LogP contribution in [0.5, 0.6) is 0 Å². The van der Waals surface area contributed by atoms with E-state index in [4.69, 9.17) is 5.41 Å². The number of nitrogens with one attached hydrogen (secondary N) is 3. The van der Waals surface area contributed by atoms with Gasteiger partial charge in [-0.15, -0.1) is 0 Å². The van der Waals surface area contributed by atoms with E-state index in [1.54, 1.807) is 0 Å². The molecule has 0 bridgehead atoms. The van der Waals surface area contributed by atoms with E-state index in [0.29, 0.717) is 24.9 Å². The molecule has 1 saturated carbocycles. The second kappa shape index (κ2) is 6.94. The fraction of sp³-hybridized carbons (Fsp3) is 0.529. The van der Waals surface area contributed by atoms with Gasteiger partial charge in [0.25, 0.3) is 0 Å². The van der Waals surface area contributed by atoms with E-state index in [-0.39, 0.29) is 29.0 Å². The minimum Gasteiger partial charge on any atom is -0.316 e. The van der Waals surface area contributed by atoms with Crippen molar-refractivity contribution < 1.29 is 26.3 Å². The van der Waals surface area contributed by atoms with Crippen LogP contribution in [0.1, 0.15) is 6.92 Å². The zero-order chi connectivity index (χ0) is 20.9. The van der Waals surface area contributed by atoms with Gasteiger partial charge in [-0.2, -0.15) is 26.3 Å². The fourth-order valence-corrected chi connectivity index (χ4v) is 3.78. The number of halogens is 6. The molecule has 0 spiro atoms. The molecule has 0 aromatic heterocycles. The first kappa shape index (κ1) is 20.4. The molecule has 11 heteroatoms. The number of alkyl halides is 6. The first-order valence-corrected chi connectivity index (χ1v) is 8.51. The highest BCUT2D eigenvalue weighted by atomic mass is 19.4. The van der Waals surface area contributed by atoms with Crippen LogP contribution in [0.2, 0.25) is 0 Å². The Balaban J connectivity index is 1.94. The molecule has 154 valence electrons. The van der Waals surface area contributed by atoms with Gasteiger partial charge in [-0.05, 0) is 56.3 Å². The molecule has 1 aliphatic carbocycles. The van der Waals surface area contributed by atoms with Crippen molar-refractivity contribution in [2.45, 2.75) is 19.3 Å². The number of aliphatic imine (C=N–C) groups is 1. The van der Waals surface area contributed by atoms with Crippen molar-refractivity contribution in [2.24, 2.45) is 22.7 Å². The molecule has 2 aliphatic heterocycles. The number of hydrazine groups is 1. The lowest BCUT2D eigenvalue weighted by molar-refractivity contribution is -0.145. The number of amidine groups is 1. The van der Waals surface area contributed by atoms with Crippen LogP contribution in [0.25, 0.3) is 0 Å². The summed E-state index contributed by atoms with van der Waals surface area (Å²) in [5.74, 6) is -0.629. The monoisotopic (exact) mass is 407 g/mol. The molecule has 3 rings (SSSR count). The quantitative estimate of drug-likeness (QED) is 0.381. The summed E-state index contributed by atoms with van der Waals surface area (Å²) < 4.78 is 78.3. The number of hydrogen-bond acceptors (Lipinski definition) is 4. The van der Waals surface area contributed by atoms with Crippen LogP contribution < -0.4 is 10.7 Å². The molecule has 5 nitrogen and oxygen atoms in total. The molecule has 3 aliphatic rings. The van der Waals surface area contributed by atoms with E-state index in [1.165, 1.54) is 13.0 Å². The summed E-state index contributed by atoms with van der Waals surface area (Å²) in [5, 5.41) is 11.5. The minimum absolute atomic E-state index is 0.0480. The molecule has 3 N–H and O–H groups in total. The van der Waals surface area contributed by atoms with Gasteiger partial charge in [0, 0.05) is 11.6 Å². The Morgan fingerprint density at radius 2 is 1.89 bits per heavy atom. The van der Waals surface area contributed by atoms with Crippen LogP contribution >= 0.6 is 0 Å². The highest BCUT2D eigenvalue weighted by molar-refractivity contribution is 6.00. The summed E-state index contributed by atoms with van der Waals surface area (Å²) in [4.78, 5) is 3.01. The number of allylic oxidation sites excluding steroid dienone is 4. The average Bonchev–Trinajstić information content (AvgIpc) is 2.93. The normalized spacial score (nSPS) is 29.2. The molecular formula is C17H19F6N5. The molecule has 2 fully saturated rings. The van der Waals surface area contributed by atoms with E-state index >= 15 is 0 Å². The SMILES string of the molecule is C=NC(=N)C(=CC(C)=C1C=C(C2[C@H]3CNC[C@@H]23)N(CC(F)(F)F)N1)C(F)(F)F. The number of rotatable bonds is 4. The first-order chi connectivity index (χ1) is 12.9. The Kier molecular flexibility index (Phi) is 5.07. The van der Waals surface area contributed by atoms with Gasteiger partial charge >= 0.3 is 12.4 Å². The maximum atomic E-state index is 13.2. The van der Waals surface area contributed by atoms with Crippen molar-refractivity contribution in [3.8, 4) is 0 Å². The summed E-state index contributed by atoms with van der Waals surface area (Å²) in [5.41, 5.74) is 1.87. The molecular weight excluding hydrogens is 388 g/mol. The highest BCUT2D eigenvalue weighted by Crippen LogP contribution is 2.54. The lowest BCUT2D eigenvalue weighted by Crippen LogP contribution is -2.40. The van der Waals surface area contributed by atoms with Crippen LogP contribution in [-0.4, -0.2) is 49.5 Å². The summed E-state index contributed by atoms with van der Waals surface area (Å²) >= 11 is 0. The van der Waals surface area contributed by atoms with E-state index in [2.05, 4.69) is 22.5 Å². The second-order valence-corrected chi connectivity index (χ2v) is 7.05. The smallest absolute Gasteiger partial charge is 0.316 e. The Bertz CT molecular complexity index is 766. The summed E-state index contributed by atoms with van der Waals surface area (Å²) in [6, 6.07) is 0. The topological polar surface area (TPSA) is 63.5 Å². The predicted octanol–water partition coefficient (Wildman–Crippen LogP) is 3.16. The van der Waals surface area contributed by atoms with Gasteiger partial charge in [0.2, 0.25) is 0 Å². The van der Waals surface area contributed by atoms with Crippen LogP contribution in [0.3, 0.4) is 0 Å². The van der Waals surface area contributed by atoms with E-state index in [9.17, 15) is 26.3 Å².